The molecule has 1 fully saturated rings. The van der Waals surface area contributed by atoms with Crippen LogP contribution < -0.4 is 10.6 Å². The van der Waals surface area contributed by atoms with Gasteiger partial charge in [-0.3, -0.25) is 14.4 Å². The van der Waals surface area contributed by atoms with Crippen LogP contribution in [0.5, 0.6) is 0 Å². The van der Waals surface area contributed by atoms with Gasteiger partial charge in [0.05, 0.1) is 31.1 Å². The zero-order valence-electron chi connectivity index (χ0n) is 25.3. The molecule has 2 amide bonds. The van der Waals surface area contributed by atoms with Crippen molar-refractivity contribution in [1.29, 1.82) is 0 Å². The van der Waals surface area contributed by atoms with Crippen molar-refractivity contribution in [3.05, 3.63) is 53.3 Å². The van der Waals surface area contributed by atoms with Crippen LogP contribution in [0, 0.1) is 0 Å². The van der Waals surface area contributed by atoms with E-state index in [4.69, 9.17) is 28.8 Å². The minimum absolute atomic E-state index is 0.0141. The maximum absolute atomic E-state index is 13.2. The average molecular weight is 619 g/mol. The van der Waals surface area contributed by atoms with Crippen LogP contribution in [0.2, 0.25) is 0 Å². The molecule has 2 aliphatic rings. The van der Waals surface area contributed by atoms with Gasteiger partial charge in [-0.05, 0) is 51.0 Å². The number of ether oxygens (including phenoxy) is 5. The topological polar surface area (TPSA) is 179 Å². The molecule has 1 aromatic rings. The average Bonchev–Trinajstić information content (AvgIpc) is 3.46. The molecular weight excluding hydrogens is 576 g/mol. The van der Waals surface area contributed by atoms with Crippen LogP contribution in [-0.2, 0) is 38.1 Å². The molecule has 4 atom stereocenters. The number of aliphatic hydroxyl groups excluding tert-OH is 2. The second kappa shape index (κ2) is 16.9. The number of aliphatic hydroxyl groups is 2. The number of rotatable bonds is 15. The Morgan fingerprint density at radius 1 is 1.11 bits per heavy atom. The van der Waals surface area contributed by atoms with Crippen LogP contribution in [0.25, 0.3) is 6.08 Å². The van der Waals surface area contributed by atoms with Gasteiger partial charge in [-0.15, -0.1) is 0 Å². The number of hydrogen-bond donors (Lipinski definition) is 4. The summed E-state index contributed by atoms with van der Waals surface area (Å²) in [6.07, 6.45) is 2.87. The summed E-state index contributed by atoms with van der Waals surface area (Å²) in [6, 6.07) is 6.14. The molecule has 1 aliphatic carbocycles. The van der Waals surface area contributed by atoms with Crippen LogP contribution in [0.4, 0.5) is 0 Å². The number of benzene rings is 1. The van der Waals surface area contributed by atoms with Gasteiger partial charge in [0, 0.05) is 31.4 Å². The van der Waals surface area contributed by atoms with E-state index in [1.165, 1.54) is 6.26 Å². The molecule has 0 radical (unpaired) electrons. The molecule has 0 aromatic heterocycles. The molecule has 3 rings (SSSR count). The minimum atomic E-state index is -0.804. The third-order valence-corrected chi connectivity index (χ3v) is 6.62. The van der Waals surface area contributed by atoms with Crippen molar-refractivity contribution in [2.45, 2.75) is 76.4 Å². The first-order chi connectivity index (χ1) is 21.0. The maximum atomic E-state index is 13.2. The summed E-state index contributed by atoms with van der Waals surface area (Å²) in [4.78, 5) is 50.5. The third kappa shape index (κ3) is 11.1. The lowest BCUT2D eigenvalue weighted by Gasteiger charge is -2.30. The number of hydrogen-bond acceptors (Lipinski definition) is 11. The van der Waals surface area contributed by atoms with E-state index in [2.05, 4.69) is 10.6 Å². The normalized spacial score (nSPS) is 20.3. The fourth-order valence-corrected chi connectivity index (χ4v) is 4.59. The van der Waals surface area contributed by atoms with Crippen LogP contribution in [0.15, 0.2) is 42.2 Å². The van der Waals surface area contributed by atoms with Gasteiger partial charge in [0.25, 0.3) is 0 Å². The Kier molecular flexibility index (Phi) is 13.3. The van der Waals surface area contributed by atoms with Gasteiger partial charge in [0.15, 0.2) is 0 Å². The molecule has 0 bridgehead atoms. The number of nitrogens with one attached hydrogen (secondary N) is 2. The molecule has 1 heterocycles. The van der Waals surface area contributed by atoms with E-state index in [0.29, 0.717) is 11.1 Å². The molecule has 44 heavy (non-hydrogen) atoms. The van der Waals surface area contributed by atoms with Crippen molar-refractivity contribution in [3.63, 3.8) is 0 Å². The van der Waals surface area contributed by atoms with E-state index >= 15 is 0 Å². The van der Waals surface area contributed by atoms with Crippen LogP contribution in [-0.4, -0.2) is 97.1 Å². The fraction of sp³-hybridized carbons (Fsp3) is 0.548. The second-order valence-electron chi connectivity index (χ2n) is 11.3. The van der Waals surface area contributed by atoms with Crippen LogP contribution >= 0.6 is 0 Å². The Labute approximate surface area is 256 Å². The van der Waals surface area contributed by atoms with E-state index in [0.717, 1.165) is 0 Å². The minimum Gasteiger partial charge on any atom is -0.499 e. The van der Waals surface area contributed by atoms with Gasteiger partial charge >= 0.3 is 11.9 Å². The Balaban J connectivity index is 1.52. The van der Waals surface area contributed by atoms with Crippen molar-refractivity contribution in [2.24, 2.45) is 0 Å². The number of fused-ring (bicyclic) bond motifs is 1. The molecule has 13 heteroatoms. The molecule has 0 saturated carbocycles. The summed E-state index contributed by atoms with van der Waals surface area (Å²) in [5.74, 6) is -1.89. The highest BCUT2D eigenvalue weighted by atomic mass is 16.7. The molecule has 1 aliphatic heterocycles. The van der Waals surface area contributed by atoms with Gasteiger partial charge in [-0.1, -0.05) is 18.2 Å². The summed E-state index contributed by atoms with van der Waals surface area (Å²) >= 11 is 0. The third-order valence-electron chi connectivity index (χ3n) is 6.62. The summed E-state index contributed by atoms with van der Waals surface area (Å²) in [5, 5.41) is 23.8. The molecule has 4 N–H and O–H groups in total. The lowest BCUT2D eigenvalue weighted by molar-refractivity contribution is -0.155. The van der Waals surface area contributed by atoms with Gasteiger partial charge in [-0.25, -0.2) is 4.79 Å². The Hall–Kier alpha value is -3.78. The lowest BCUT2D eigenvalue weighted by atomic mass is 9.91. The van der Waals surface area contributed by atoms with Gasteiger partial charge < -0.3 is 44.5 Å². The van der Waals surface area contributed by atoms with Crippen LogP contribution in [0.1, 0.15) is 62.4 Å². The highest BCUT2D eigenvalue weighted by Crippen LogP contribution is 2.31. The summed E-state index contributed by atoms with van der Waals surface area (Å²) < 4.78 is 27.4. The summed E-state index contributed by atoms with van der Waals surface area (Å²) in [7, 11) is 0. The predicted molar refractivity (Wildman–Crippen MR) is 157 cm³/mol. The zero-order valence-corrected chi connectivity index (χ0v) is 25.3. The van der Waals surface area contributed by atoms with Crippen molar-refractivity contribution in [3.8, 4) is 0 Å². The maximum Gasteiger partial charge on any atom is 0.339 e. The van der Waals surface area contributed by atoms with E-state index in [9.17, 15) is 24.3 Å². The van der Waals surface area contributed by atoms with Gasteiger partial charge in [0.1, 0.15) is 37.3 Å². The van der Waals surface area contributed by atoms with Crippen molar-refractivity contribution in [2.75, 3.05) is 33.2 Å². The number of carbonyl (C=O) groups excluding carboxylic acids is 4. The summed E-state index contributed by atoms with van der Waals surface area (Å²) in [5.41, 5.74) is 0.531. The molecule has 242 valence electrons. The van der Waals surface area contributed by atoms with E-state index < -0.39 is 53.7 Å². The molecule has 13 nitrogen and oxygen atoms in total. The molecule has 1 aromatic carbocycles. The van der Waals surface area contributed by atoms with Gasteiger partial charge in [0.2, 0.25) is 11.8 Å². The largest absolute Gasteiger partial charge is 0.499 e. The Morgan fingerprint density at radius 3 is 2.61 bits per heavy atom. The SMILES string of the molecule is CC(C)(C)OC(=O)CCC(CO)NC(=O)CCNC(=O)C1=CC2OCOC2C(OC(=O)c2ccccc2C=COCCO)C1. The monoisotopic (exact) mass is 618 g/mol. The van der Waals surface area contributed by atoms with Crippen LogP contribution in [0.3, 0.4) is 0 Å². The van der Waals surface area contributed by atoms with Crippen molar-refractivity contribution >= 4 is 29.8 Å². The van der Waals surface area contributed by atoms with Crippen molar-refractivity contribution in [1.82, 2.24) is 10.6 Å². The predicted octanol–water partition coefficient (Wildman–Crippen LogP) is 1.37. The summed E-state index contributed by atoms with van der Waals surface area (Å²) in [6.45, 7) is 4.89. The quantitative estimate of drug-likeness (QED) is 0.127. The zero-order chi connectivity index (χ0) is 32.1. The van der Waals surface area contributed by atoms with E-state index in [1.807, 2.05) is 0 Å². The Morgan fingerprint density at radius 2 is 1.89 bits per heavy atom. The van der Waals surface area contributed by atoms with Crippen molar-refractivity contribution < 1.29 is 53.1 Å². The van der Waals surface area contributed by atoms with E-state index in [-0.39, 0.29) is 64.4 Å². The second-order valence-corrected chi connectivity index (χ2v) is 11.3. The number of esters is 2. The standard InChI is InChI=1S/C31H42N2O11/c1-31(2,3)44-27(37)9-8-22(18-35)33-26(36)10-12-32-29(38)21-16-24-28(42-19-41-24)25(17-21)43-30(39)23-7-5-4-6-20(23)11-14-40-15-13-34/h4-7,11,14,16,22,24-25,28,34-35H,8-10,12-13,15,17-19H2,1-3H3,(H,32,38)(H,33,36). The molecular formula is C31H42N2O11. The molecule has 4 unspecified atom stereocenters. The molecule has 0 spiro atoms. The fourth-order valence-electron chi connectivity index (χ4n) is 4.59. The smallest absolute Gasteiger partial charge is 0.339 e. The Bertz CT molecular complexity index is 1210. The van der Waals surface area contributed by atoms with E-state index in [1.54, 1.807) is 57.2 Å². The number of amides is 2. The lowest BCUT2D eigenvalue weighted by Crippen LogP contribution is -2.44. The first-order valence-electron chi connectivity index (χ1n) is 14.5. The van der Waals surface area contributed by atoms with Gasteiger partial charge in [-0.2, -0.15) is 0 Å². The first-order valence-corrected chi connectivity index (χ1v) is 14.5. The highest BCUT2D eigenvalue weighted by Gasteiger charge is 2.42. The number of carbonyl (C=O) groups is 4. The first kappa shape index (κ1) is 34.7. The molecule has 1 saturated heterocycles. The highest BCUT2D eigenvalue weighted by molar-refractivity contribution is 5.95.